The predicted octanol–water partition coefficient (Wildman–Crippen LogP) is 3.57. The van der Waals surface area contributed by atoms with Crippen LogP contribution in [0.1, 0.15) is 15.2 Å². The highest BCUT2D eigenvalue weighted by Crippen LogP contribution is 2.28. The normalized spacial score (nSPS) is 10.6. The average molecular weight is 287 g/mol. The molecule has 0 fully saturated rings. The van der Waals surface area contributed by atoms with E-state index in [9.17, 15) is 4.79 Å². The summed E-state index contributed by atoms with van der Waals surface area (Å²) in [5.41, 5.74) is 0.549. The van der Waals surface area contributed by atoms with Gasteiger partial charge in [0.15, 0.2) is 0 Å². The molecule has 5 heteroatoms. The Labute approximate surface area is 120 Å². The SMILES string of the molecule is O=C(NCCc1ccc(-c2ccco2)s1)c1ccoc1. The van der Waals surface area contributed by atoms with Crippen LogP contribution in [0.2, 0.25) is 0 Å². The molecule has 0 aliphatic rings. The van der Waals surface area contributed by atoms with Crippen LogP contribution < -0.4 is 5.32 Å². The maximum atomic E-state index is 11.7. The highest BCUT2D eigenvalue weighted by Gasteiger charge is 2.07. The second-order valence-electron chi connectivity index (χ2n) is 4.26. The van der Waals surface area contributed by atoms with Gasteiger partial charge in [-0.3, -0.25) is 4.79 Å². The van der Waals surface area contributed by atoms with E-state index in [2.05, 4.69) is 11.4 Å². The van der Waals surface area contributed by atoms with E-state index in [-0.39, 0.29) is 5.91 Å². The van der Waals surface area contributed by atoms with E-state index in [1.54, 1.807) is 23.7 Å². The molecule has 0 spiro atoms. The molecule has 0 radical (unpaired) electrons. The van der Waals surface area contributed by atoms with E-state index >= 15 is 0 Å². The third-order valence-corrected chi connectivity index (χ3v) is 4.03. The van der Waals surface area contributed by atoms with Crippen LogP contribution in [0, 0.1) is 0 Å². The molecule has 4 nitrogen and oxygen atoms in total. The summed E-state index contributed by atoms with van der Waals surface area (Å²) < 4.78 is 10.2. The van der Waals surface area contributed by atoms with Gasteiger partial charge in [-0.05, 0) is 36.8 Å². The largest absolute Gasteiger partial charge is 0.472 e. The molecule has 0 atom stereocenters. The molecule has 3 aromatic rings. The van der Waals surface area contributed by atoms with Crippen molar-refractivity contribution in [3.05, 3.63) is 59.6 Å². The second kappa shape index (κ2) is 5.79. The predicted molar refractivity (Wildman–Crippen MR) is 76.8 cm³/mol. The zero-order valence-electron chi connectivity index (χ0n) is 10.7. The van der Waals surface area contributed by atoms with Crippen LogP contribution in [0.4, 0.5) is 0 Å². The van der Waals surface area contributed by atoms with Gasteiger partial charge >= 0.3 is 0 Å². The highest BCUT2D eigenvalue weighted by molar-refractivity contribution is 7.15. The van der Waals surface area contributed by atoms with Gasteiger partial charge in [0, 0.05) is 11.4 Å². The van der Waals surface area contributed by atoms with E-state index in [0.717, 1.165) is 17.1 Å². The summed E-state index contributed by atoms with van der Waals surface area (Å²) in [6, 6.07) is 9.56. The maximum absolute atomic E-state index is 11.7. The Morgan fingerprint density at radius 3 is 2.90 bits per heavy atom. The molecule has 102 valence electrons. The first-order valence-electron chi connectivity index (χ1n) is 6.26. The van der Waals surface area contributed by atoms with Crippen molar-refractivity contribution >= 4 is 17.2 Å². The second-order valence-corrected chi connectivity index (χ2v) is 5.43. The molecule has 3 aromatic heterocycles. The van der Waals surface area contributed by atoms with Crippen molar-refractivity contribution in [2.75, 3.05) is 6.54 Å². The van der Waals surface area contributed by atoms with Crippen molar-refractivity contribution < 1.29 is 13.6 Å². The fourth-order valence-corrected chi connectivity index (χ4v) is 2.83. The molecule has 0 bridgehead atoms. The van der Waals surface area contributed by atoms with Crippen molar-refractivity contribution in [3.63, 3.8) is 0 Å². The summed E-state index contributed by atoms with van der Waals surface area (Å²) >= 11 is 1.68. The lowest BCUT2D eigenvalue weighted by Crippen LogP contribution is -2.24. The number of hydrogen-bond donors (Lipinski definition) is 1. The number of carbonyl (C=O) groups is 1. The molecule has 0 aromatic carbocycles. The van der Waals surface area contributed by atoms with E-state index in [4.69, 9.17) is 8.83 Å². The first-order chi connectivity index (χ1) is 9.83. The van der Waals surface area contributed by atoms with Gasteiger partial charge in [0.05, 0.1) is 23.0 Å². The fraction of sp³-hybridized carbons (Fsp3) is 0.133. The molecule has 0 aliphatic carbocycles. The van der Waals surface area contributed by atoms with Crippen LogP contribution >= 0.6 is 11.3 Å². The van der Waals surface area contributed by atoms with Gasteiger partial charge in [0.1, 0.15) is 12.0 Å². The van der Waals surface area contributed by atoms with E-state index in [0.29, 0.717) is 12.1 Å². The molecule has 3 heterocycles. The lowest BCUT2D eigenvalue weighted by Gasteiger charge is -2.01. The molecule has 0 saturated carbocycles. The molecule has 1 amide bonds. The van der Waals surface area contributed by atoms with E-state index in [1.807, 2.05) is 18.2 Å². The first kappa shape index (κ1) is 12.7. The third kappa shape index (κ3) is 2.83. The van der Waals surface area contributed by atoms with Gasteiger partial charge in [0.2, 0.25) is 0 Å². The van der Waals surface area contributed by atoms with Crippen LogP contribution in [0.5, 0.6) is 0 Å². The monoisotopic (exact) mass is 287 g/mol. The lowest BCUT2D eigenvalue weighted by molar-refractivity contribution is 0.0953. The first-order valence-corrected chi connectivity index (χ1v) is 7.07. The number of hydrogen-bond acceptors (Lipinski definition) is 4. The lowest BCUT2D eigenvalue weighted by atomic mass is 10.3. The molecule has 0 unspecified atom stereocenters. The summed E-state index contributed by atoms with van der Waals surface area (Å²) in [5.74, 6) is 0.769. The number of nitrogens with one attached hydrogen (secondary N) is 1. The fourth-order valence-electron chi connectivity index (χ4n) is 1.86. The molecule has 0 aliphatic heterocycles. The van der Waals surface area contributed by atoms with Crippen molar-refractivity contribution in [1.82, 2.24) is 5.32 Å². The Bertz CT molecular complexity index is 668. The number of thiophene rings is 1. The zero-order chi connectivity index (χ0) is 13.8. The van der Waals surface area contributed by atoms with Gasteiger partial charge < -0.3 is 14.2 Å². The van der Waals surface area contributed by atoms with Crippen LogP contribution in [0.3, 0.4) is 0 Å². The Morgan fingerprint density at radius 1 is 1.20 bits per heavy atom. The van der Waals surface area contributed by atoms with Crippen molar-refractivity contribution in [3.8, 4) is 10.6 Å². The topological polar surface area (TPSA) is 55.4 Å². The van der Waals surface area contributed by atoms with E-state index in [1.165, 1.54) is 17.4 Å². The maximum Gasteiger partial charge on any atom is 0.254 e. The minimum absolute atomic E-state index is 0.110. The van der Waals surface area contributed by atoms with Crippen molar-refractivity contribution in [2.24, 2.45) is 0 Å². The van der Waals surface area contributed by atoms with Crippen molar-refractivity contribution in [2.45, 2.75) is 6.42 Å². The quantitative estimate of drug-likeness (QED) is 0.780. The highest BCUT2D eigenvalue weighted by atomic mass is 32.1. The Morgan fingerprint density at radius 2 is 2.15 bits per heavy atom. The van der Waals surface area contributed by atoms with E-state index < -0.39 is 0 Å². The number of amides is 1. The molecule has 20 heavy (non-hydrogen) atoms. The number of rotatable bonds is 5. The minimum atomic E-state index is -0.110. The smallest absolute Gasteiger partial charge is 0.254 e. The molecular formula is C15H13NO3S. The molecule has 0 saturated heterocycles. The molecule has 1 N–H and O–H groups in total. The zero-order valence-corrected chi connectivity index (χ0v) is 11.5. The van der Waals surface area contributed by atoms with Crippen LogP contribution in [0.15, 0.2) is 58.0 Å². The summed E-state index contributed by atoms with van der Waals surface area (Å²) in [6.07, 6.45) is 5.40. The third-order valence-electron chi connectivity index (χ3n) is 2.87. The van der Waals surface area contributed by atoms with Gasteiger partial charge in [-0.2, -0.15) is 0 Å². The van der Waals surface area contributed by atoms with Gasteiger partial charge in [-0.15, -0.1) is 11.3 Å². The summed E-state index contributed by atoms with van der Waals surface area (Å²) in [4.78, 5) is 14.0. The number of furan rings is 2. The average Bonchev–Trinajstić information content (AvgIpc) is 3.20. The summed E-state index contributed by atoms with van der Waals surface area (Å²) in [5, 5.41) is 2.86. The van der Waals surface area contributed by atoms with Gasteiger partial charge in [-0.1, -0.05) is 0 Å². The Hall–Kier alpha value is -2.27. The van der Waals surface area contributed by atoms with Gasteiger partial charge in [0.25, 0.3) is 5.91 Å². The molecular weight excluding hydrogens is 274 g/mol. The summed E-state index contributed by atoms with van der Waals surface area (Å²) in [7, 11) is 0. The Balaban J connectivity index is 1.53. The van der Waals surface area contributed by atoms with Crippen LogP contribution in [-0.4, -0.2) is 12.5 Å². The van der Waals surface area contributed by atoms with Gasteiger partial charge in [-0.25, -0.2) is 0 Å². The van der Waals surface area contributed by atoms with Crippen LogP contribution in [0.25, 0.3) is 10.6 Å². The number of carbonyl (C=O) groups excluding carboxylic acids is 1. The summed E-state index contributed by atoms with van der Waals surface area (Å²) in [6.45, 7) is 0.599. The standard InChI is InChI=1S/C15H13NO3S/c17-15(11-6-9-18-10-11)16-7-5-12-3-4-14(20-12)13-2-1-8-19-13/h1-4,6,8-10H,5,7H2,(H,16,17). The minimum Gasteiger partial charge on any atom is -0.472 e. The van der Waals surface area contributed by atoms with Crippen molar-refractivity contribution in [1.29, 1.82) is 0 Å². The Kier molecular flexibility index (Phi) is 3.69. The van der Waals surface area contributed by atoms with Crippen LogP contribution in [-0.2, 0) is 6.42 Å². The molecule has 3 rings (SSSR count).